The number of hydrogen-bond acceptors (Lipinski definition) is 6. The molecule has 35 heavy (non-hydrogen) atoms. The zero-order valence-corrected chi connectivity index (χ0v) is 20.6. The van der Waals surface area contributed by atoms with Crippen LogP contribution in [0.3, 0.4) is 0 Å². The van der Waals surface area contributed by atoms with Crippen molar-refractivity contribution in [2.24, 2.45) is 0 Å². The molecule has 2 aromatic carbocycles. The van der Waals surface area contributed by atoms with Crippen molar-refractivity contribution in [3.05, 3.63) is 65.5 Å². The summed E-state index contributed by atoms with van der Waals surface area (Å²) in [5, 5.41) is 12.3. The minimum absolute atomic E-state index is 0.0852. The van der Waals surface area contributed by atoms with Crippen LogP contribution in [0.5, 0.6) is 11.5 Å². The molecule has 0 saturated heterocycles. The van der Waals surface area contributed by atoms with Crippen molar-refractivity contribution in [3.63, 3.8) is 0 Å². The summed E-state index contributed by atoms with van der Waals surface area (Å²) in [6.07, 6.45) is 1.70. The molecule has 2 N–H and O–H groups in total. The number of aryl methyl sites for hydroxylation is 1. The summed E-state index contributed by atoms with van der Waals surface area (Å²) in [6.45, 7) is 7.32. The van der Waals surface area contributed by atoms with Crippen molar-refractivity contribution in [1.82, 2.24) is 10.3 Å². The fourth-order valence-corrected chi connectivity index (χ4v) is 3.34. The molecule has 1 aromatic heterocycles. The Balaban J connectivity index is 1.70. The molecule has 1 heterocycles. The van der Waals surface area contributed by atoms with E-state index in [0.717, 1.165) is 23.4 Å². The molecule has 0 saturated carbocycles. The number of nitrogens with zero attached hydrogens (tertiary/aromatic N) is 1. The van der Waals surface area contributed by atoms with Gasteiger partial charge in [-0.25, -0.2) is 9.78 Å². The normalized spacial score (nSPS) is 11.2. The number of benzene rings is 2. The number of rotatable bonds is 12. The third-order valence-electron chi connectivity index (χ3n) is 5.39. The van der Waals surface area contributed by atoms with Gasteiger partial charge in [-0.1, -0.05) is 25.1 Å². The lowest BCUT2D eigenvalue weighted by atomic mass is 10.1. The van der Waals surface area contributed by atoms with Crippen LogP contribution in [0.25, 0.3) is 11.5 Å². The molecule has 3 rings (SSSR count). The number of carboxylic acid groups (broad SMARTS) is 1. The number of aliphatic carboxylic acids is 1. The summed E-state index contributed by atoms with van der Waals surface area (Å²) < 4.78 is 17.5. The van der Waals surface area contributed by atoms with Crippen molar-refractivity contribution in [1.29, 1.82) is 0 Å². The first-order valence-electron chi connectivity index (χ1n) is 11.7. The van der Waals surface area contributed by atoms with Crippen LogP contribution >= 0.6 is 0 Å². The summed E-state index contributed by atoms with van der Waals surface area (Å²) in [7, 11) is 0. The molecule has 0 atom stereocenters. The lowest BCUT2D eigenvalue weighted by Gasteiger charge is -2.24. The molecule has 0 unspecified atom stereocenters. The molecule has 0 aliphatic carbocycles. The van der Waals surface area contributed by atoms with Crippen molar-refractivity contribution in [2.45, 2.75) is 59.1 Å². The summed E-state index contributed by atoms with van der Waals surface area (Å²) in [4.78, 5) is 28.1. The van der Waals surface area contributed by atoms with E-state index < -0.39 is 11.6 Å². The van der Waals surface area contributed by atoms with E-state index >= 15 is 0 Å². The Labute approximate surface area is 205 Å². The van der Waals surface area contributed by atoms with E-state index in [1.165, 1.54) is 13.8 Å². The Morgan fingerprint density at radius 3 is 2.57 bits per heavy atom. The SMILES string of the molecule is CCCC(=O)NCc1cc(OCCc2nc(-c3ccccc3)oc2C)ccc1OC(C)(C)C(=O)O. The van der Waals surface area contributed by atoms with Crippen LogP contribution in [0.4, 0.5) is 0 Å². The number of oxazole rings is 1. The summed E-state index contributed by atoms with van der Waals surface area (Å²) in [5.74, 6) is 1.10. The van der Waals surface area contributed by atoms with Gasteiger partial charge in [0.25, 0.3) is 0 Å². The number of carboxylic acids is 1. The van der Waals surface area contributed by atoms with Crippen LogP contribution < -0.4 is 14.8 Å². The Hall–Kier alpha value is -3.81. The Morgan fingerprint density at radius 2 is 1.89 bits per heavy atom. The van der Waals surface area contributed by atoms with E-state index in [4.69, 9.17) is 13.9 Å². The number of carbonyl (C=O) groups excluding carboxylic acids is 1. The van der Waals surface area contributed by atoms with Gasteiger partial charge < -0.3 is 24.3 Å². The molecule has 0 aliphatic rings. The van der Waals surface area contributed by atoms with Gasteiger partial charge in [-0.15, -0.1) is 0 Å². The molecule has 3 aromatic rings. The van der Waals surface area contributed by atoms with Gasteiger partial charge in [0.15, 0.2) is 5.60 Å². The minimum Gasteiger partial charge on any atom is -0.493 e. The highest BCUT2D eigenvalue weighted by molar-refractivity contribution is 5.77. The zero-order chi connectivity index (χ0) is 25.4. The highest BCUT2D eigenvalue weighted by Gasteiger charge is 2.30. The second-order valence-electron chi connectivity index (χ2n) is 8.70. The number of ether oxygens (including phenoxy) is 2. The molecule has 0 aliphatic heterocycles. The van der Waals surface area contributed by atoms with Crippen LogP contribution in [-0.4, -0.2) is 34.2 Å². The molecule has 1 amide bonds. The molecule has 8 heteroatoms. The second kappa shape index (κ2) is 11.6. The van der Waals surface area contributed by atoms with Crippen molar-refractivity contribution < 1.29 is 28.6 Å². The third kappa shape index (κ3) is 7.09. The molecule has 0 spiro atoms. The maximum absolute atomic E-state index is 12.0. The van der Waals surface area contributed by atoms with Gasteiger partial charge in [0, 0.05) is 30.5 Å². The summed E-state index contributed by atoms with van der Waals surface area (Å²) in [5.41, 5.74) is 0.938. The number of nitrogens with one attached hydrogen (secondary N) is 1. The average Bonchev–Trinajstić information content (AvgIpc) is 3.20. The maximum Gasteiger partial charge on any atom is 0.347 e. The molecule has 0 radical (unpaired) electrons. The average molecular weight is 481 g/mol. The monoisotopic (exact) mass is 480 g/mol. The molecule has 8 nitrogen and oxygen atoms in total. The van der Waals surface area contributed by atoms with Crippen LogP contribution in [0, 0.1) is 6.92 Å². The second-order valence-corrected chi connectivity index (χ2v) is 8.70. The number of aromatic nitrogens is 1. The Morgan fingerprint density at radius 1 is 1.14 bits per heavy atom. The highest BCUT2D eigenvalue weighted by atomic mass is 16.5. The van der Waals surface area contributed by atoms with Crippen LogP contribution in [0.15, 0.2) is 52.9 Å². The maximum atomic E-state index is 12.0. The standard InChI is InChI=1S/C27H32N2O6/c1-5-9-24(30)28-17-20-16-21(12-13-23(20)35-27(3,4)26(31)32)33-15-14-22-18(2)34-25(29-22)19-10-7-6-8-11-19/h6-8,10-13,16H,5,9,14-15,17H2,1-4H3,(H,28,30)(H,31,32). The van der Waals surface area contributed by atoms with E-state index in [1.807, 2.05) is 44.2 Å². The lowest BCUT2D eigenvalue weighted by Crippen LogP contribution is -2.38. The van der Waals surface area contributed by atoms with Crippen LogP contribution in [-0.2, 0) is 22.6 Å². The van der Waals surface area contributed by atoms with Gasteiger partial charge in [0.05, 0.1) is 12.3 Å². The molecule has 186 valence electrons. The predicted molar refractivity (Wildman–Crippen MR) is 131 cm³/mol. The van der Waals surface area contributed by atoms with Gasteiger partial charge in [0.1, 0.15) is 17.3 Å². The van der Waals surface area contributed by atoms with Crippen molar-refractivity contribution >= 4 is 11.9 Å². The topological polar surface area (TPSA) is 111 Å². The van der Waals surface area contributed by atoms with Gasteiger partial charge in [-0.05, 0) is 57.5 Å². The van der Waals surface area contributed by atoms with Crippen molar-refractivity contribution in [2.75, 3.05) is 6.61 Å². The molecular weight excluding hydrogens is 448 g/mol. The van der Waals surface area contributed by atoms with Crippen LogP contribution in [0.2, 0.25) is 0 Å². The smallest absolute Gasteiger partial charge is 0.347 e. The predicted octanol–water partition coefficient (Wildman–Crippen LogP) is 4.93. The van der Waals surface area contributed by atoms with E-state index in [2.05, 4.69) is 10.3 Å². The van der Waals surface area contributed by atoms with E-state index in [9.17, 15) is 14.7 Å². The van der Waals surface area contributed by atoms with Gasteiger partial charge in [-0.3, -0.25) is 4.79 Å². The number of carbonyl (C=O) groups is 2. The van der Waals surface area contributed by atoms with E-state index in [0.29, 0.717) is 42.4 Å². The van der Waals surface area contributed by atoms with Crippen LogP contribution in [0.1, 0.15) is 50.6 Å². The number of amides is 1. The molecule has 0 fully saturated rings. The summed E-state index contributed by atoms with van der Waals surface area (Å²) >= 11 is 0. The van der Waals surface area contributed by atoms with E-state index in [1.54, 1.807) is 18.2 Å². The molecule has 0 bridgehead atoms. The van der Waals surface area contributed by atoms with Gasteiger partial charge in [0.2, 0.25) is 11.8 Å². The minimum atomic E-state index is -1.43. The van der Waals surface area contributed by atoms with Gasteiger partial charge >= 0.3 is 5.97 Å². The first-order valence-corrected chi connectivity index (χ1v) is 11.7. The highest BCUT2D eigenvalue weighted by Crippen LogP contribution is 2.28. The third-order valence-corrected chi connectivity index (χ3v) is 5.39. The molecular formula is C27H32N2O6. The Bertz CT molecular complexity index is 1150. The lowest BCUT2D eigenvalue weighted by molar-refractivity contribution is -0.152. The first-order chi connectivity index (χ1) is 16.7. The fourth-order valence-electron chi connectivity index (χ4n) is 3.34. The first kappa shape index (κ1) is 25.8. The Kier molecular flexibility index (Phi) is 8.52. The number of hydrogen-bond donors (Lipinski definition) is 2. The van der Waals surface area contributed by atoms with Gasteiger partial charge in [-0.2, -0.15) is 0 Å². The fraction of sp³-hybridized carbons (Fsp3) is 0.370. The van der Waals surface area contributed by atoms with Crippen molar-refractivity contribution in [3.8, 4) is 23.0 Å². The zero-order valence-electron chi connectivity index (χ0n) is 20.6. The van der Waals surface area contributed by atoms with E-state index in [-0.39, 0.29) is 12.5 Å². The quantitative estimate of drug-likeness (QED) is 0.378. The largest absolute Gasteiger partial charge is 0.493 e. The summed E-state index contributed by atoms with van der Waals surface area (Å²) in [6, 6.07) is 14.8.